The zero-order valence-electron chi connectivity index (χ0n) is 14.7. The van der Waals surface area contributed by atoms with Gasteiger partial charge in [-0.25, -0.2) is 4.39 Å². The lowest BCUT2D eigenvalue weighted by atomic mass is 9.71. The number of carbonyl (C=O) groups is 1. The molecule has 0 aliphatic heterocycles. The summed E-state index contributed by atoms with van der Waals surface area (Å²) in [5.74, 6) is 0.335. The fraction of sp³-hybridized carbons (Fsp3) is 0.250. The van der Waals surface area contributed by atoms with E-state index in [1.165, 1.54) is 11.8 Å². The van der Waals surface area contributed by atoms with Crippen LogP contribution >= 0.6 is 11.6 Å². The zero-order valence-corrected chi connectivity index (χ0v) is 15.4. The Kier molecular flexibility index (Phi) is 4.66. The van der Waals surface area contributed by atoms with Crippen LogP contribution in [0.25, 0.3) is 11.3 Å². The number of hydrogen-bond donors (Lipinski definition) is 2. The molecular weight excluding hydrogens is 367 g/mol. The van der Waals surface area contributed by atoms with Gasteiger partial charge in [-0.15, -0.1) is 0 Å². The molecule has 2 heterocycles. The van der Waals surface area contributed by atoms with Crippen LogP contribution in [0.2, 0.25) is 5.02 Å². The fourth-order valence-electron chi connectivity index (χ4n) is 3.41. The normalized spacial score (nSPS) is 18.8. The van der Waals surface area contributed by atoms with Crippen LogP contribution in [-0.2, 0) is 4.79 Å². The molecule has 1 aliphatic rings. The van der Waals surface area contributed by atoms with E-state index in [-0.39, 0.29) is 11.8 Å². The van der Waals surface area contributed by atoms with Gasteiger partial charge in [0.2, 0.25) is 5.91 Å². The molecule has 7 heteroatoms. The molecular formula is C20H18ClFN4O. The van der Waals surface area contributed by atoms with E-state index in [9.17, 15) is 9.18 Å². The average molecular weight is 385 g/mol. The Hall–Kier alpha value is -2.73. The van der Waals surface area contributed by atoms with E-state index in [0.717, 1.165) is 19.0 Å². The Bertz CT molecular complexity index is 980. The van der Waals surface area contributed by atoms with Gasteiger partial charge in [-0.3, -0.25) is 14.9 Å². The third kappa shape index (κ3) is 3.45. The van der Waals surface area contributed by atoms with E-state index in [0.29, 0.717) is 33.6 Å². The van der Waals surface area contributed by atoms with Gasteiger partial charge >= 0.3 is 0 Å². The van der Waals surface area contributed by atoms with Crippen LogP contribution in [0.4, 0.5) is 10.2 Å². The first-order valence-corrected chi connectivity index (χ1v) is 9.12. The molecule has 4 rings (SSSR count). The molecule has 1 fully saturated rings. The zero-order chi connectivity index (χ0) is 19.0. The maximum Gasteiger partial charge on any atom is 0.228 e. The summed E-state index contributed by atoms with van der Waals surface area (Å²) < 4.78 is 13.9. The number of halogens is 2. The monoisotopic (exact) mass is 384 g/mol. The van der Waals surface area contributed by atoms with E-state index < -0.39 is 5.82 Å². The van der Waals surface area contributed by atoms with E-state index in [1.54, 1.807) is 13.0 Å². The van der Waals surface area contributed by atoms with Gasteiger partial charge in [0.05, 0.1) is 6.20 Å². The number of rotatable bonds is 4. The van der Waals surface area contributed by atoms with Gasteiger partial charge in [0.25, 0.3) is 0 Å². The minimum atomic E-state index is -0.449. The minimum absolute atomic E-state index is 0.0468. The van der Waals surface area contributed by atoms with Crippen LogP contribution in [0.5, 0.6) is 0 Å². The molecule has 0 unspecified atom stereocenters. The summed E-state index contributed by atoms with van der Waals surface area (Å²) in [6, 6.07) is 9.33. The van der Waals surface area contributed by atoms with Crippen LogP contribution in [0, 0.1) is 18.7 Å². The highest BCUT2D eigenvalue weighted by molar-refractivity contribution is 6.30. The second kappa shape index (κ2) is 7.12. The van der Waals surface area contributed by atoms with Gasteiger partial charge in [-0.2, -0.15) is 5.10 Å². The van der Waals surface area contributed by atoms with E-state index in [4.69, 9.17) is 11.6 Å². The van der Waals surface area contributed by atoms with Gasteiger partial charge in [0, 0.05) is 28.3 Å². The first-order chi connectivity index (χ1) is 13.0. The van der Waals surface area contributed by atoms with Crippen molar-refractivity contribution in [1.29, 1.82) is 0 Å². The molecule has 0 atom stereocenters. The molecule has 1 aliphatic carbocycles. The summed E-state index contributed by atoms with van der Waals surface area (Å²) in [6.07, 6.45) is 4.25. The third-order valence-electron chi connectivity index (χ3n) is 5.14. The summed E-state index contributed by atoms with van der Waals surface area (Å²) in [4.78, 5) is 16.3. The number of nitrogens with zero attached hydrogens (tertiary/aromatic N) is 2. The number of carbonyl (C=O) groups excluding carboxylic acids is 1. The highest BCUT2D eigenvalue weighted by atomic mass is 35.5. The largest absolute Gasteiger partial charge is 0.311 e. The maximum atomic E-state index is 13.9. The predicted molar refractivity (Wildman–Crippen MR) is 102 cm³/mol. The molecule has 27 heavy (non-hydrogen) atoms. The van der Waals surface area contributed by atoms with Crippen molar-refractivity contribution in [3.8, 4) is 11.3 Å². The van der Waals surface area contributed by atoms with Gasteiger partial charge in [0.1, 0.15) is 11.5 Å². The quantitative estimate of drug-likeness (QED) is 0.684. The van der Waals surface area contributed by atoms with Crippen LogP contribution in [0.3, 0.4) is 0 Å². The molecule has 2 N–H and O–H groups in total. The number of pyridine rings is 1. The van der Waals surface area contributed by atoms with E-state index in [1.807, 2.05) is 24.3 Å². The summed E-state index contributed by atoms with van der Waals surface area (Å²) in [5, 5.41) is 10.6. The third-order valence-corrected chi connectivity index (χ3v) is 5.39. The SMILES string of the molecule is Cc1c(-c2ccncc2F)n[nH]c1NC(=O)[C@H]1C[C@H](c2ccc(Cl)cc2)C1. The average Bonchev–Trinajstić information content (AvgIpc) is 2.96. The second-order valence-electron chi connectivity index (χ2n) is 6.83. The molecule has 2 aromatic heterocycles. The predicted octanol–water partition coefficient (Wildman–Crippen LogP) is 4.70. The Morgan fingerprint density at radius 1 is 1.26 bits per heavy atom. The number of hydrogen-bond acceptors (Lipinski definition) is 3. The molecule has 0 spiro atoms. The van der Waals surface area contributed by atoms with Crippen molar-refractivity contribution >= 4 is 23.3 Å². The summed E-state index contributed by atoms with van der Waals surface area (Å²) >= 11 is 5.92. The first-order valence-electron chi connectivity index (χ1n) is 8.74. The van der Waals surface area contributed by atoms with Crippen molar-refractivity contribution in [2.45, 2.75) is 25.7 Å². The smallest absolute Gasteiger partial charge is 0.228 e. The van der Waals surface area contributed by atoms with E-state index >= 15 is 0 Å². The molecule has 138 valence electrons. The Morgan fingerprint density at radius 2 is 2.00 bits per heavy atom. The molecule has 1 saturated carbocycles. The molecule has 0 saturated heterocycles. The summed E-state index contributed by atoms with van der Waals surface area (Å²) in [6.45, 7) is 1.80. The summed E-state index contributed by atoms with van der Waals surface area (Å²) in [7, 11) is 0. The van der Waals surface area contributed by atoms with Crippen LogP contribution in [-0.4, -0.2) is 21.1 Å². The van der Waals surface area contributed by atoms with Gasteiger partial charge in [-0.05, 0) is 49.4 Å². The van der Waals surface area contributed by atoms with Crippen molar-refractivity contribution in [2.75, 3.05) is 5.32 Å². The first kappa shape index (κ1) is 17.7. The number of H-pyrrole nitrogens is 1. The lowest BCUT2D eigenvalue weighted by Gasteiger charge is -2.34. The fourth-order valence-corrected chi connectivity index (χ4v) is 3.54. The number of anilines is 1. The number of benzene rings is 1. The Labute approximate surface area is 161 Å². The van der Waals surface area contributed by atoms with Crippen molar-refractivity contribution in [2.24, 2.45) is 5.92 Å². The number of aromatic nitrogens is 3. The Balaban J connectivity index is 1.41. The van der Waals surface area contributed by atoms with Gasteiger partial charge in [-0.1, -0.05) is 23.7 Å². The molecule has 5 nitrogen and oxygen atoms in total. The molecule has 3 aromatic rings. The highest BCUT2D eigenvalue weighted by Gasteiger charge is 2.35. The van der Waals surface area contributed by atoms with Crippen molar-refractivity contribution < 1.29 is 9.18 Å². The molecule has 1 aromatic carbocycles. The summed E-state index contributed by atoms with van der Waals surface area (Å²) in [5.41, 5.74) is 2.72. The molecule has 0 radical (unpaired) electrons. The van der Waals surface area contributed by atoms with Crippen molar-refractivity contribution in [3.05, 3.63) is 64.7 Å². The second-order valence-corrected chi connectivity index (χ2v) is 7.27. The number of aromatic amines is 1. The van der Waals surface area contributed by atoms with E-state index in [2.05, 4.69) is 20.5 Å². The van der Waals surface area contributed by atoms with Crippen molar-refractivity contribution in [3.63, 3.8) is 0 Å². The van der Waals surface area contributed by atoms with Crippen molar-refractivity contribution in [1.82, 2.24) is 15.2 Å². The lowest BCUT2D eigenvalue weighted by Crippen LogP contribution is -2.33. The standard InChI is InChI=1S/C20H18ClFN4O/c1-11-18(16-6-7-23-10-17(16)22)25-26-19(11)24-20(27)14-8-13(9-14)12-2-4-15(21)5-3-12/h2-7,10,13-14H,8-9H2,1H3,(H2,24,25,26,27)/t13-,14-. The Morgan fingerprint density at radius 3 is 2.70 bits per heavy atom. The van der Waals surface area contributed by atoms with Crippen LogP contribution in [0.1, 0.15) is 29.9 Å². The van der Waals surface area contributed by atoms with Gasteiger partial charge < -0.3 is 5.32 Å². The van der Waals surface area contributed by atoms with Crippen LogP contribution < -0.4 is 5.32 Å². The lowest BCUT2D eigenvalue weighted by molar-refractivity contribution is -0.122. The number of nitrogens with one attached hydrogen (secondary N) is 2. The topological polar surface area (TPSA) is 70.7 Å². The van der Waals surface area contributed by atoms with Gasteiger partial charge in [0.15, 0.2) is 5.82 Å². The van der Waals surface area contributed by atoms with Crippen LogP contribution in [0.15, 0.2) is 42.7 Å². The molecule has 0 bridgehead atoms. The molecule has 1 amide bonds. The maximum absolute atomic E-state index is 13.9. The minimum Gasteiger partial charge on any atom is -0.311 e. The highest BCUT2D eigenvalue weighted by Crippen LogP contribution is 2.42. The number of amides is 1.